The number of nitrogens with two attached hydrogens (primary N) is 1. The van der Waals surface area contributed by atoms with Crippen LogP contribution in [0.3, 0.4) is 0 Å². The number of hydrogen-bond donors (Lipinski definition) is 2. The van der Waals surface area contributed by atoms with Gasteiger partial charge in [0.2, 0.25) is 5.91 Å². The lowest BCUT2D eigenvalue weighted by atomic mass is 10.3. The number of carbonyl (C=O) groups is 1. The molecule has 1 aromatic carbocycles. The molecule has 0 aliphatic carbocycles. The van der Waals surface area contributed by atoms with Gasteiger partial charge in [0.1, 0.15) is 0 Å². The van der Waals surface area contributed by atoms with Crippen LogP contribution in [0.5, 0.6) is 0 Å². The zero-order chi connectivity index (χ0) is 10.4. The minimum Gasteiger partial charge on any atom is -0.399 e. The van der Waals surface area contributed by atoms with Crippen molar-refractivity contribution in [3.8, 4) is 0 Å². The van der Waals surface area contributed by atoms with Gasteiger partial charge in [-0.15, -0.1) is 11.8 Å². The molecule has 0 fully saturated rings. The van der Waals surface area contributed by atoms with E-state index in [-0.39, 0.29) is 5.91 Å². The van der Waals surface area contributed by atoms with Gasteiger partial charge in [-0.25, -0.2) is 0 Å². The molecule has 0 atom stereocenters. The molecule has 3 N–H and O–H groups in total. The number of nitrogens with one attached hydrogen (secondary N) is 1. The van der Waals surface area contributed by atoms with Gasteiger partial charge >= 0.3 is 0 Å². The molecule has 0 heterocycles. The molecule has 4 heteroatoms. The minimum absolute atomic E-state index is 0.0122. The van der Waals surface area contributed by atoms with Crippen molar-refractivity contribution in [1.29, 1.82) is 0 Å². The summed E-state index contributed by atoms with van der Waals surface area (Å²) in [6.45, 7) is 2.21. The molecule has 0 spiro atoms. The predicted octanol–water partition coefficient (Wildman–Crippen LogP) is 1.50. The number of amides is 1. The van der Waals surface area contributed by atoms with Crippen molar-refractivity contribution >= 4 is 23.4 Å². The predicted molar refractivity (Wildman–Crippen MR) is 60.3 cm³/mol. The molecule has 1 amide bonds. The van der Waals surface area contributed by atoms with Crippen molar-refractivity contribution in [2.45, 2.75) is 11.8 Å². The van der Waals surface area contributed by atoms with Crippen LogP contribution in [0.15, 0.2) is 29.2 Å². The van der Waals surface area contributed by atoms with Gasteiger partial charge < -0.3 is 11.1 Å². The first-order valence-corrected chi connectivity index (χ1v) is 5.40. The van der Waals surface area contributed by atoms with Crippen LogP contribution in [0.25, 0.3) is 0 Å². The number of benzene rings is 1. The van der Waals surface area contributed by atoms with Crippen LogP contribution in [-0.2, 0) is 4.79 Å². The van der Waals surface area contributed by atoms with E-state index >= 15 is 0 Å². The Bertz CT molecular complexity index is 315. The van der Waals surface area contributed by atoms with Gasteiger partial charge in [-0.05, 0) is 18.2 Å². The second-order valence-electron chi connectivity index (χ2n) is 2.90. The molecule has 1 rings (SSSR count). The highest BCUT2D eigenvalue weighted by molar-refractivity contribution is 7.99. The molecule has 0 aromatic heterocycles. The van der Waals surface area contributed by atoms with Crippen molar-refractivity contribution in [3.05, 3.63) is 24.3 Å². The van der Waals surface area contributed by atoms with Gasteiger partial charge in [0, 0.05) is 29.8 Å². The number of anilines is 1. The monoisotopic (exact) mass is 210 g/mol. The second kappa shape index (κ2) is 5.54. The molecule has 0 saturated carbocycles. The Hall–Kier alpha value is -1.16. The quantitative estimate of drug-likeness (QED) is 0.450. The van der Waals surface area contributed by atoms with Gasteiger partial charge in [0.15, 0.2) is 0 Å². The van der Waals surface area contributed by atoms with Crippen LogP contribution in [0.2, 0.25) is 0 Å². The van der Waals surface area contributed by atoms with Crippen LogP contribution in [0.4, 0.5) is 5.69 Å². The molecule has 1 aromatic rings. The van der Waals surface area contributed by atoms with E-state index in [1.165, 1.54) is 6.92 Å². The summed E-state index contributed by atoms with van der Waals surface area (Å²) in [7, 11) is 0. The number of rotatable bonds is 4. The minimum atomic E-state index is 0.0122. The van der Waals surface area contributed by atoms with E-state index in [1.807, 2.05) is 24.3 Å². The highest BCUT2D eigenvalue weighted by Crippen LogP contribution is 2.19. The van der Waals surface area contributed by atoms with Crippen LogP contribution in [0.1, 0.15) is 6.92 Å². The van der Waals surface area contributed by atoms with Crippen LogP contribution >= 0.6 is 11.8 Å². The first-order chi connectivity index (χ1) is 6.68. The van der Waals surface area contributed by atoms with Gasteiger partial charge in [-0.1, -0.05) is 6.07 Å². The van der Waals surface area contributed by atoms with Crippen molar-refractivity contribution in [2.24, 2.45) is 0 Å². The molecule has 0 aliphatic rings. The Kier molecular flexibility index (Phi) is 4.32. The Morgan fingerprint density at radius 1 is 1.57 bits per heavy atom. The standard InChI is InChI=1S/C10H14N2OS/c1-8(13)12-5-6-14-10-4-2-3-9(11)7-10/h2-4,7H,5-6,11H2,1H3,(H,12,13). The molecule has 76 valence electrons. The maximum absolute atomic E-state index is 10.6. The van der Waals surface area contributed by atoms with Crippen molar-refractivity contribution in [3.63, 3.8) is 0 Å². The average molecular weight is 210 g/mol. The van der Waals surface area contributed by atoms with E-state index in [9.17, 15) is 4.79 Å². The third-order valence-corrected chi connectivity index (χ3v) is 2.60. The number of thioether (sulfide) groups is 1. The molecule has 0 saturated heterocycles. The van der Waals surface area contributed by atoms with Crippen LogP contribution in [-0.4, -0.2) is 18.2 Å². The third-order valence-electron chi connectivity index (χ3n) is 1.60. The van der Waals surface area contributed by atoms with Gasteiger partial charge in [-0.3, -0.25) is 4.79 Å². The topological polar surface area (TPSA) is 55.1 Å². The fourth-order valence-electron chi connectivity index (χ4n) is 1.00. The number of carbonyl (C=O) groups excluding carboxylic acids is 1. The summed E-state index contributed by atoms with van der Waals surface area (Å²) in [6.07, 6.45) is 0. The Balaban J connectivity index is 2.28. The fraction of sp³-hybridized carbons (Fsp3) is 0.300. The molecule has 0 aliphatic heterocycles. The Morgan fingerprint density at radius 3 is 3.00 bits per heavy atom. The summed E-state index contributed by atoms with van der Waals surface area (Å²) in [5.74, 6) is 0.876. The summed E-state index contributed by atoms with van der Waals surface area (Å²) < 4.78 is 0. The maximum atomic E-state index is 10.6. The van der Waals surface area contributed by atoms with Crippen molar-refractivity contribution < 1.29 is 4.79 Å². The summed E-state index contributed by atoms with van der Waals surface area (Å²) in [6, 6.07) is 7.72. The average Bonchev–Trinajstić information content (AvgIpc) is 2.12. The van der Waals surface area contributed by atoms with Crippen molar-refractivity contribution in [1.82, 2.24) is 5.32 Å². The SMILES string of the molecule is CC(=O)NCCSc1cccc(N)c1. The first-order valence-electron chi connectivity index (χ1n) is 4.41. The first kappa shape index (κ1) is 10.9. The molecule has 3 nitrogen and oxygen atoms in total. The fourth-order valence-corrected chi connectivity index (χ4v) is 1.83. The van der Waals surface area contributed by atoms with Crippen LogP contribution in [0, 0.1) is 0 Å². The lowest BCUT2D eigenvalue weighted by Crippen LogP contribution is -2.22. The lowest BCUT2D eigenvalue weighted by Gasteiger charge is -2.03. The molecule has 0 bridgehead atoms. The largest absolute Gasteiger partial charge is 0.399 e. The summed E-state index contributed by atoms with van der Waals surface area (Å²) >= 11 is 1.68. The second-order valence-corrected chi connectivity index (χ2v) is 4.07. The summed E-state index contributed by atoms with van der Waals surface area (Å²) in [5.41, 5.74) is 6.40. The van der Waals surface area contributed by atoms with E-state index in [2.05, 4.69) is 5.32 Å². The third kappa shape index (κ3) is 4.18. The summed E-state index contributed by atoms with van der Waals surface area (Å²) in [4.78, 5) is 11.7. The summed E-state index contributed by atoms with van der Waals surface area (Å²) in [5, 5.41) is 2.74. The van der Waals surface area contributed by atoms with Gasteiger partial charge in [0.25, 0.3) is 0 Å². The van der Waals surface area contributed by atoms with E-state index in [0.29, 0.717) is 6.54 Å². The van der Waals surface area contributed by atoms with Gasteiger partial charge in [-0.2, -0.15) is 0 Å². The number of nitrogen functional groups attached to an aromatic ring is 1. The highest BCUT2D eigenvalue weighted by Gasteiger charge is 1.95. The maximum Gasteiger partial charge on any atom is 0.216 e. The Labute approximate surface area is 88.1 Å². The van der Waals surface area contributed by atoms with Gasteiger partial charge in [0.05, 0.1) is 0 Å². The smallest absolute Gasteiger partial charge is 0.216 e. The lowest BCUT2D eigenvalue weighted by molar-refractivity contribution is -0.118. The zero-order valence-corrected chi connectivity index (χ0v) is 8.93. The van der Waals surface area contributed by atoms with E-state index in [0.717, 1.165) is 16.3 Å². The van der Waals surface area contributed by atoms with E-state index in [1.54, 1.807) is 11.8 Å². The molecule has 0 radical (unpaired) electrons. The van der Waals surface area contributed by atoms with Crippen molar-refractivity contribution in [2.75, 3.05) is 18.0 Å². The number of hydrogen-bond acceptors (Lipinski definition) is 3. The Morgan fingerprint density at radius 2 is 2.36 bits per heavy atom. The van der Waals surface area contributed by atoms with Crippen LogP contribution < -0.4 is 11.1 Å². The highest BCUT2D eigenvalue weighted by atomic mass is 32.2. The molecule has 14 heavy (non-hydrogen) atoms. The molecular weight excluding hydrogens is 196 g/mol. The molecular formula is C10H14N2OS. The van der Waals surface area contributed by atoms with E-state index < -0.39 is 0 Å². The zero-order valence-electron chi connectivity index (χ0n) is 8.12. The normalized spacial score (nSPS) is 9.79. The molecule has 0 unspecified atom stereocenters. The van der Waals surface area contributed by atoms with E-state index in [4.69, 9.17) is 5.73 Å².